The predicted molar refractivity (Wildman–Crippen MR) is 90.7 cm³/mol. The molecule has 0 aromatic heterocycles. The van der Waals surface area contributed by atoms with Gasteiger partial charge in [-0.15, -0.1) is 11.6 Å². The number of rotatable bonds is 2. The summed E-state index contributed by atoms with van der Waals surface area (Å²) in [5.41, 5.74) is 5.27. The highest BCUT2D eigenvalue weighted by Crippen LogP contribution is 2.51. The first-order chi connectivity index (χ1) is 10.2. The van der Waals surface area contributed by atoms with Crippen molar-refractivity contribution in [1.29, 1.82) is 0 Å². The van der Waals surface area contributed by atoms with Crippen molar-refractivity contribution in [3.8, 4) is 0 Å². The van der Waals surface area contributed by atoms with Crippen LogP contribution >= 0.6 is 11.6 Å². The molecule has 104 valence electrons. The second kappa shape index (κ2) is 4.61. The minimum absolute atomic E-state index is 0.246. The van der Waals surface area contributed by atoms with Crippen LogP contribution in [0.4, 0.5) is 0 Å². The van der Waals surface area contributed by atoms with Crippen molar-refractivity contribution in [2.45, 2.75) is 23.6 Å². The molecule has 1 heteroatoms. The Hall–Kier alpha value is -1.79. The van der Waals surface area contributed by atoms with Gasteiger partial charge in [-0.1, -0.05) is 72.8 Å². The Bertz CT molecular complexity index is 688. The van der Waals surface area contributed by atoms with E-state index < -0.39 is 0 Å². The molecule has 2 aliphatic rings. The van der Waals surface area contributed by atoms with Gasteiger partial charge < -0.3 is 0 Å². The van der Waals surface area contributed by atoms with Crippen LogP contribution in [0.3, 0.4) is 0 Å². The van der Waals surface area contributed by atoms with Crippen molar-refractivity contribution in [3.05, 3.63) is 82.9 Å². The number of hydrogen-bond acceptors (Lipinski definition) is 0. The van der Waals surface area contributed by atoms with Gasteiger partial charge in [0.2, 0.25) is 0 Å². The van der Waals surface area contributed by atoms with Gasteiger partial charge in [-0.3, -0.25) is 0 Å². The zero-order valence-electron chi connectivity index (χ0n) is 12.0. The summed E-state index contributed by atoms with van der Waals surface area (Å²) in [7, 11) is 0. The van der Waals surface area contributed by atoms with E-state index in [2.05, 4.69) is 79.8 Å². The van der Waals surface area contributed by atoms with Gasteiger partial charge in [-0.05, 0) is 29.2 Å². The van der Waals surface area contributed by atoms with Gasteiger partial charge >= 0.3 is 0 Å². The molecule has 21 heavy (non-hydrogen) atoms. The molecule has 2 atom stereocenters. The monoisotopic (exact) mass is 292 g/mol. The Kier molecular flexibility index (Phi) is 2.83. The Morgan fingerprint density at radius 1 is 0.762 bits per heavy atom. The van der Waals surface area contributed by atoms with Gasteiger partial charge in [0.05, 0.1) is 4.87 Å². The molecule has 0 N–H and O–H groups in total. The topological polar surface area (TPSA) is 0 Å². The average molecular weight is 293 g/mol. The predicted octanol–water partition coefficient (Wildman–Crippen LogP) is 5.61. The molecule has 0 fully saturated rings. The number of alkyl halides is 1. The standard InChI is InChI=1S/C20H17Cl/c1-20(21,18-12-10-14-6-2-4-8-16(14)18)19-13-11-15-7-3-5-9-17(15)19/h2-13,18-19H,1H3. The number of halogens is 1. The fourth-order valence-electron chi connectivity index (χ4n) is 3.68. The summed E-state index contributed by atoms with van der Waals surface area (Å²) >= 11 is 7.10. The van der Waals surface area contributed by atoms with Crippen LogP contribution in [-0.4, -0.2) is 4.87 Å². The van der Waals surface area contributed by atoms with Gasteiger partial charge in [0, 0.05) is 11.8 Å². The summed E-state index contributed by atoms with van der Waals surface area (Å²) in [6, 6.07) is 17.1. The maximum atomic E-state index is 7.10. The highest BCUT2D eigenvalue weighted by Gasteiger charge is 2.42. The summed E-state index contributed by atoms with van der Waals surface area (Å²) in [5.74, 6) is 0.493. The molecule has 0 aliphatic heterocycles. The van der Waals surface area contributed by atoms with Gasteiger partial charge in [-0.2, -0.15) is 0 Å². The van der Waals surface area contributed by atoms with Crippen molar-refractivity contribution in [3.63, 3.8) is 0 Å². The summed E-state index contributed by atoms with van der Waals surface area (Å²) in [6.45, 7) is 2.17. The Morgan fingerprint density at radius 2 is 1.19 bits per heavy atom. The van der Waals surface area contributed by atoms with Crippen molar-refractivity contribution < 1.29 is 0 Å². The van der Waals surface area contributed by atoms with Crippen LogP contribution < -0.4 is 0 Å². The number of fused-ring (bicyclic) bond motifs is 2. The first kappa shape index (κ1) is 12.9. The van der Waals surface area contributed by atoms with E-state index in [1.807, 2.05) is 0 Å². The quantitative estimate of drug-likeness (QED) is 0.632. The molecule has 0 bridgehead atoms. The highest BCUT2D eigenvalue weighted by atomic mass is 35.5. The lowest BCUT2D eigenvalue weighted by Gasteiger charge is -2.35. The van der Waals surface area contributed by atoms with Crippen molar-refractivity contribution >= 4 is 23.8 Å². The Balaban J connectivity index is 1.76. The average Bonchev–Trinajstić information content (AvgIpc) is 3.12. The third kappa shape index (κ3) is 1.90. The molecule has 2 unspecified atom stereocenters. The molecule has 0 amide bonds. The minimum Gasteiger partial charge on any atom is -0.118 e. The smallest absolute Gasteiger partial charge is 0.0624 e. The lowest BCUT2D eigenvalue weighted by molar-refractivity contribution is 0.523. The van der Waals surface area contributed by atoms with Gasteiger partial charge in [0.1, 0.15) is 0 Å². The van der Waals surface area contributed by atoms with Gasteiger partial charge in [-0.25, -0.2) is 0 Å². The fourth-order valence-corrected chi connectivity index (χ4v) is 4.06. The molecule has 0 radical (unpaired) electrons. The first-order valence-electron chi connectivity index (χ1n) is 7.41. The lowest BCUT2D eigenvalue weighted by Crippen LogP contribution is -2.31. The van der Waals surface area contributed by atoms with Gasteiger partial charge in [0.25, 0.3) is 0 Å². The number of allylic oxidation sites excluding steroid dienone is 2. The normalized spacial score (nSPS) is 24.7. The van der Waals surface area contributed by atoms with E-state index in [1.54, 1.807) is 0 Å². The SMILES string of the molecule is CC(Cl)(C1C=Cc2ccccc21)C1C=Cc2ccccc21. The fraction of sp³-hybridized carbons (Fsp3) is 0.200. The van der Waals surface area contributed by atoms with E-state index in [9.17, 15) is 0 Å². The summed E-state index contributed by atoms with van der Waals surface area (Å²) in [4.78, 5) is -0.355. The van der Waals surface area contributed by atoms with E-state index in [1.165, 1.54) is 22.3 Å². The molecule has 0 nitrogen and oxygen atoms in total. The van der Waals surface area contributed by atoms with Crippen molar-refractivity contribution in [1.82, 2.24) is 0 Å². The second-order valence-electron chi connectivity index (χ2n) is 6.08. The molecule has 2 aliphatic carbocycles. The van der Waals surface area contributed by atoms with Crippen molar-refractivity contribution in [2.24, 2.45) is 0 Å². The molecule has 2 aromatic rings. The van der Waals surface area contributed by atoms with Crippen LogP contribution in [0.1, 0.15) is 41.0 Å². The van der Waals surface area contributed by atoms with Crippen LogP contribution in [0.15, 0.2) is 60.7 Å². The largest absolute Gasteiger partial charge is 0.118 e. The van der Waals surface area contributed by atoms with Gasteiger partial charge in [0.15, 0.2) is 0 Å². The molecule has 0 saturated heterocycles. The molecular formula is C20H17Cl. The maximum Gasteiger partial charge on any atom is 0.0624 e. The molecule has 0 saturated carbocycles. The maximum absolute atomic E-state index is 7.10. The Labute approximate surface area is 130 Å². The summed E-state index contributed by atoms with van der Waals surface area (Å²) in [5, 5.41) is 0. The minimum atomic E-state index is -0.355. The zero-order chi connectivity index (χ0) is 14.4. The third-order valence-electron chi connectivity index (χ3n) is 4.81. The van der Waals surface area contributed by atoms with Crippen LogP contribution in [0.25, 0.3) is 12.2 Å². The van der Waals surface area contributed by atoms with Crippen LogP contribution in [0.2, 0.25) is 0 Å². The molecule has 0 spiro atoms. The zero-order valence-corrected chi connectivity index (χ0v) is 12.7. The number of benzene rings is 2. The second-order valence-corrected chi connectivity index (χ2v) is 6.90. The molecule has 4 rings (SSSR count). The highest BCUT2D eigenvalue weighted by molar-refractivity contribution is 6.25. The van der Waals surface area contributed by atoms with Crippen LogP contribution in [0, 0.1) is 0 Å². The first-order valence-corrected chi connectivity index (χ1v) is 7.79. The van der Waals surface area contributed by atoms with Crippen LogP contribution in [0.5, 0.6) is 0 Å². The lowest BCUT2D eigenvalue weighted by atomic mass is 9.77. The van der Waals surface area contributed by atoms with Crippen molar-refractivity contribution in [2.75, 3.05) is 0 Å². The van der Waals surface area contributed by atoms with E-state index in [0.717, 1.165) is 0 Å². The molecule has 2 aromatic carbocycles. The van der Waals surface area contributed by atoms with E-state index in [4.69, 9.17) is 11.6 Å². The molecular weight excluding hydrogens is 276 g/mol. The summed E-state index contributed by atoms with van der Waals surface area (Å²) in [6.07, 6.45) is 8.91. The van der Waals surface area contributed by atoms with E-state index in [-0.39, 0.29) is 16.7 Å². The van der Waals surface area contributed by atoms with Crippen LogP contribution in [-0.2, 0) is 0 Å². The van der Waals surface area contributed by atoms with E-state index in [0.29, 0.717) is 0 Å². The molecule has 0 heterocycles. The van der Waals surface area contributed by atoms with E-state index >= 15 is 0 Å². The third-order valence-corrected chi connectivity index (χ3v) is 5.29. The Morgan fingerprint density at radius 3 is 1.67 bits per heavy atom. The number of hydrogen-bond donors (Lipinski definition) is 0. The summed E-state index contributed by atoms with van der Waals surface area (Å²) < 4.78 is 0.